The van der Waals surface area contributed by atoms with Gasteiger partial charge in [0, 0.05) is 45.7 Å². The van der Waals surface area contributed by atoms with Crippen LogP contribution in [-0.4, -0.2) is 39.7 Å². The van der Waals surface area contributed by atoms with Crippen molar-refractivity contribution >= 4 is 46.4 Å². The molecule has 2 heterocycles. The summed E-state index contributed by atoms with van der Waals surface area (Å²) in [6, 6.07) is 10.5. The van der Waals surface area contributed by atoms with Gasteiger partial charge in [-0.15, -0.1) is 10.1 Å². The van der Waals surface area contributed by atoms with Crippen LogP contribution in [0.25, 0.3) is 0 Å². The molecular weight excluding hydrogens is 532 g/mol. The Hall–Kier alpha value is -2.11. The molecule has 0 amide bonds. The Bertz CT molecular complexity index is 1130. The molecule has 4 rings (SSSR count). The van der Waals surface area contributed by atoms with E-state index in [0.717, 1.165) is 5.56 Å². The summed E-state index contributed by atoms with van der Waals surface area (Å²) in [4.78, 5) is 12.5. The van der Waals surface area contributed by atoms with Crippen LogP contribution >= 0.6 is 46.4 Å². The monoisotopic (exact) mass is 549 g/mol. The average molecular weight is 551 g/mol. The number of aromatic nitrogens is 2. The summed E-state index contributed by atoms with van der Waals surface area (Å²) in [5.41, 5.74) is 1.43. The zero-order chi connectivity index (χ0) is 24.9. The van der Waals surface area contributed by atoms with Crippen LogP contribution in [0.3, 0.4) is 0 Å². The molecule has 9 nitrogen and oxygen atoms in total. The second-order valence-corrected chi connectivity index (χ2v) is 8.83. The van der Waals surface area contributed by atoms with Crippen LogP contribution in [0.2, 0.25) is 20.1 Å². The highest BCUT2D eigenvalue weighted by atomic mass is 35.5. The van der Waals surface area contributed by atoms with Crippen LogP contribution in [0.4, 0.5) is 0 Å². The SMILES string of the molecule is COC(c1ccc(Cl)cc1Cl)[C@@H]1CO[C@@](Cn2ccnc2)(c2ccc(Cl)cc2Cl)O1.O=[N+]([O-])O. The summed E-state index contributed by atoms with van der Waals surface area (Å²) in [5, 5.41) is 15.7. The number of nitrogens with zero attached hydrogens (tertiary/aromatic N) is 3. The van der Waals surface area contributed by atoms with Crippen molar-refractivity contribution in [1.82, 2.24) is 9.55 Å². The molecule has 0 radical (unpaired) electrons. The van der Waals surface area contributed by atoms with Gasteiger partial charge in [-0.25, -0.2) is 4.98 Å². The van der Waals surface area contributed by atoms with Crippen LogP contribution in [0.15, 0.2) is 55.1 Å². The number of rotatable bonds is 6. The zero-order valence-electron chi connectivity index (χ0n) is 17.6. The number of ether oxygens (including phenoxy) is 3. The number of halogens is 4. The van der Waals surface area contributed by atoms with Gasteiger partial charge in [-0.1, -0.05) is 58.5 Å². The first-order chi connectivity index (χ1) is 16.1. The van der Waals surface area contributed by atoms with Gasteiger partial charge < -0.3 is 24.0 Å². The van der Waals surface area contributed by atoms with Crippen LogP contribution in [0.1, 0.15) is 17.2 Å². The molecule has 1 aliphatic rings. The maximum Gasteiger partial charge on any atom is 0.291 e. The van der Waals surface area contributed by atoms with Gasteiger partial charge in [0.1, 0.15) is 12.2 Å². The van der Waals surface area contributed by atoms with E-state index in [0.29, 0.717) is 32.2 Å². The third-order valence-corrected chi connectivity index (χ3v) is 6.08. The van der Waals surface area contributed by atoms with Crippen molar-refractivity contribution in [2.45, 2.75) is 24.5 Å². The molecule has 1 fully saturated rings. The van der Waals surface area contributed by atoms with E-state index in [1.54, 1.807) is 50.0 Å². The Morgan fingerprint density at radius 2 is 1.88 bits per heavy atom. The second kappa shape index (κ2) is 11.5. The van der Waals surface area contributed by atoms with Gasteiger partial charge in [-0.2, -0.15) is 0 Å². The molecule has 34 heavy (non-hydrogen) atoms. The lowest BCUT2D eigenvalue weighted by atomic mass is 10.0. The topological polar surface area (TPSA) is 109 Å². The molecule has 1 saturated heterocycles. The van der Waals surface area contributed by atoms with E-state index >= 15 is 0 Å². The molecule has 1 aliphatic heterocycles. The number of hydrogen-bond acceptors (Lipinski definition) is 6. The van der Waals surface area contributed by atoms with Crippen LogP contribution < -0.4 is 0 Å². The molecule has 0 bridgehead atoms. The Kier molecular flexibility index (Phi) is 9.00. The number of hydrogen-bond donors (Lipinski definition) is 1. The highest BCUT2D eigenvalue weighted by Crippen LogP contribution is 2.44. The standard InChI is InChI=1S/C21H18Cl4N2O3.HNO3/c1-28-20(15-4-2-13(22)8-17(15)24)19-10-29-21(30-19,11-27-7-6-26-12-27)16-5-3-14(23)9-18(16)25;2-1(3)4/h2-9,12,19-20H,10-11H2,1H3;(H,2,3,4)/t19-,20?,21+;/m0./s1. The van der Waals surface area contributed by atoms with Crippen molar-refractivity contribution in [3.05, 3.63) is 96.5 Å². The van der Waals surface area contributed by atoms with Gasteiger partial charge in [-0.3, -0.25) is 0 Å². The summed E-state index contributed by atoms with van der Waals surface area (Å²) in [6.07, 6.45) is 4.30. The van der Waals surface area contributed by atoms with Crippen molar-refractivity contribution in [3.8, 4) is 0 Å². The third kappa shape index (κ3) is 6.31. The largest absolute Gasteiger partial charge is 0.374 e. The first-order valence-corrected chi connectivity index (χ1v) is 11.2. The predicted octanol–water partition coefficient (Wildman–Crippen LogP) is 5.81. The number of benzene rings is 2. The number of imidazole rings is 1. The fourth-order valence-electron chi connectivity index (χ4n) is 3.62. The molecule has 13 heteroatoms. The van der Waals surface area contributed by atoms with Gasteiger partial charge in [0.05, 0.1) is 24.5 Å². The lowest BCUT2D eigenvalue weighted by molar-refractivity contribution is -0.742. The van der Waals surface area contributed by atoms with Gasteiger partial charge in [0.15, 0.2) is 0 Å². The molecular formula is C21H19Cl4N3O6. The van der Waals surface area contributed by atoms with E-state index in [2.05, 4.69) is 4.98 Å². The molecule has 3 aromatic rings. The predicted molar refractivity (Wildman–Crippen MR) is 126 cm³/mol. The Labute approximate surface area is 214 Å². The van der Waals surface area contributed by atoms with Crippen molar-refractivity contribution in [2.24, 2.45) is 0 Å². The minimum Gasteiger partial charge on any atom is -0.374 e. The van der Waals surface area contributed by atoms with Crippen LogP contribution in [0.5, 0.6) is 0 Å². The maximum absolute atomic E-state index is 8.36. The van der Waals surface area contributed by atoms with E-state index in [1.165, 1.54) is 0 Å². The Morgan fingerprint density at radius 1 is 1.24 bits per heavy atom. The fraction of sp³-hybridized carbons (Fsp3) is 0.286. The average Bonchev–Trinajstić information content (AvgIpc) is 3.41. The lowest BCUT2D eigenvalue weighted by Gasteiger charge is -2.31. The summed E-state index contributed by atoms with van der Waals surface area (Å²) in [6.45, 7) is 0.612. The normalized spacial score (nSPS) is 20.4. The molecule has 0 aliphatic carbocycles. The van der Waals surface area contributed by atoms with Gasteiger partial charge >= 0.3 is 0 Å². The lowest BCUT2D eigenvalue weighted by Crippen LogP contribution is -2.35. The van der Waals surface area contributed by atoms with Crippen molar-refractivity contribution < 1.29 is 24.5 Å². The molecule has 182 valence electrons. The number of methoxy groups -OCH3 is 1. The van der Waals surface area contributed by atoms with E-state index in [-0.39, 0.29) is 6.61 Å². The van der Waals surface area contributed by atoms with Crippen LogP contribution in [-0.2, 0) is 26.5 Å². The summed E-state index contributed by atoms with van der Waals surface area (Å²) in [5.74, 6) is -1.15. The molecule has 0 spiro atoms. The first-order valence-electron chi connectivity index (χ1n) is 9.69. The summed E-state index contributed by atoms with van der Waals surface area (Å²) >= 11 is 25.1. The summed E-state index contributed by atoms with van der Waals surface area (Å²) < 4.78 is 20.4. The van der Waals surface area contributed by atoms with Crippen molar-refractivity contribution in [2.75, 3.05) is 13.7 Å². The smallest absolute Gasteiger partial charge is 0.291 e. The molecule has 3 atom stereocenters. The van der Waals surface area contributed by atoms with Crippen molar-refractivity contribution in [1.29, 1.82) is 0 Å². The molecule has 1 aromatic heterocycles. The van der Waals surface area contributed by atoms with Crippen molar-refractivity contribution in [3.63, 3.8) is 0 Å². The second-order valence-electron chi connectivity index (χ2n) is 7.14. The van der Waals surface area contributed by atoms with E-state index in [1.807, 2.05) is 16.8 Å². The van der Waals surface area contributed by atoms with Gasteiger partial charge in [0.2, 0.25) is 5.79 Å². The highest BCUT2D eigenvalue weighted by molar-refractivity contribution is 6.35. The maximum atomic E-state index is 8.36. The zero-order valence-corrected chi connectivity index (χ0v) is 20.6. The van der Waals surface area contributed by atoms with E-state index in [4.69, 9.17) is 75.9 Å². The van der Waals surface area contributed by atoms with Gasteiger partial charge in [0.25, 0.3) is 5.09 Å². The Morgan fingerprint density at radius 3 is 2.44 bits per heavy atom. The molecule has 1 unspecified atom stereocenters. The van der Waals surface area contributed by atoms with Gasteiger partial charge in [-0.05, 0) is 24.3 Å². The third-order valence-electron chi connectivity index (χ3n) is 4.97. The quantitative estimate of drug-likeness (QED) is 0.305. The van der Waals surface area contributed by atoms with E-state index < -0.39 is 23.1 Å². The Balaban J connectivity index is 0.000000751. The van der Waals surface area contributed by atoms with Crippen LogP contribution in [0, 0.1) is 10.1 Å². The van der Waals surface area contributed by atoms with E-state index in [9.17, 15) is 0 Å². The minimum atomic E-state index is -1.50. The fourth-order valence-corrected chi connectivity index (χ4v) is 4.69. The molecule has 2 aromatic carbocycles. The summed E-state index contributed by atoms with van der Waals surface area (Å²) in [7, 11) is 1.60. The minimum absolute atomic E-state index is 0.269. The molecule has 1 N–H and O–H groups in total. The first kappa shape index (κ1) is 26.5. The highest BCUT2D eigenvalue weighted by Gasteiger charge is 2.48. The molecule has 0 saturated carbocycles.